The number of carbonyl (C=O) groups excluding carboxylic acids is 1. The molecule has 1 fully saturated rings. The molecule has 1 aliphatic heterocycles. The molecule has 1 aliphatic rings. The number of carbonyl (C=O) groups is 1. The lowest BCUT2D eigenvalue weighted by atomic mass is 10.1. The molecule has 6 heteroatoms. The summed E-state index contributed by atoms with van der Waals surface area (Å²) in [6.07, 6.45) is 0.941. The van der Waals surface area contributed by atoms with Gasteiger partial charge in [-0.15, -0.1) is 0 Å². The summed E-state index contributed by atoms with van der Waals surface area (Å²) in [6.45, 7) is 2.64. The highest BCUT2D eigenvalue weighted by molar-refractivity contribution is 8.13. The number of thioether (sulfide) groups is 1. The largest absolute Gasteiger partial charge is 0.497 e. The summed E-state index contributed by atoms with van der Waals surface area (Å²) in [4.78, 5) is 19.5. The van der Waals surface area contributed by atoms with Crippen molar-refractivity contribution in [1.82, 2.24) is 4.90 Å². The number of benzene rings is 2. The minimum absolute atomic E-state index is 0.0264. The molecule has 0 bridgehead atoms. The maximum Gasteiger partial charge on any atom is 0.259 e. The van der Waals surface area contributed by atoms with Gasteiger partial charge in [-0.3, -0.25) is 9.69 Å². The predicted octanol–water partition coefficient (Wildman–Crippen LogP) is 4.28. The number of nitrogens with zero attached hydrogens (tertiary/aromatic N) is 2. The highest BCUT2D eigenvalue weighted by Gasteiger charge is 2.25. The van der Waals surface area contributed by atoms with Crippen LogP contribution in [0.15, 0.2) is 47.5 Å². The summed E-state index contributed by atoms with van der Waals surface area (Å²) in [5, 5.41) is 0.689. The van der Waals surface area contributed by atoms with Crippen LogP contribution in [0.2, 0.25) is 0 Å². The highest BCUT2D eigenvalue weighted by Crippen LogP contribution is 2.34. The van der Waals surface area contributed by atoms with Gasteiger partial charge in [0.05, 0.1) is 14.2 Å². The molecule has 1 amide bonds. The molecule has 2 aromatic carbocycles. The molecule has 3 rings (SSSR count). The molecule has 1 heterocycles. The first kappa shape index (κ1) is 18.3. The fourth-order valence-corrected chi connectivity index (χ4v) is 3.71. The van der Waals surface area contributed by atoms with Crippen LogP contribution in [-0.2, 0) is 0 Å². The number of amides is 1. The first-order valence-corrected chi connectivity index (χ1v) is 9.43. The van der Waals surface area contributed by atoms with Crippen molar-refractivity contribution in [3.8, 4) is 11.5 Å². The topological polar surface area (TPSA) is 51.1 Å². The molecule has 26 heavy (non-hydrogen) atoms. The third-order valence-electron chi connectivity index (χ3n) is 4.10. The zero-order valence-electron chi connectivity index (χ0n) is 15.2. The smallest absolute Gasteiger partial charge is 0.259 e. The molecule has 0 spiro atoms. The third-order valence-corrected chi connectivity index (χ3v) is 5.16. The number of amidine groups is 1. The summed E-state index contributed by atoms with van der Waals surface area (Å²) >= 11 is 1.58. The molecule has 0 saturated carbocycles. The van der Waals surface area contributed by atoms with Crippen LogP contribution in [0.5, 0.6) is 11.5 Å². The summed E-state index contributed by atoms with van der Waals surface area (Å²) in [5.41, 5.74) is 2.39. The second-order valence-electron chi connectivity index (χ2n) is 5.96. The van der Waals surface area contributed by atoms with Crippen molar-refractivity contribution in [3.05, 3.63) is 53.6 Å². The predicted molar refractivity (Wildman–Crippen MR) is 106 cm³/mol. The van der Waals surface area contributed by atoms with Crippen LogP contribution < -0.4 is 9.47 Å². The average Bonchev–Trinajstić information content (AvgIpc) is 2.68. The Morgan fingerprint density at radius 3 is 2.73 bits per heavy atom. The van der Waals surface area contributed by atoms with Gasteiger partial charge in [-0.1, -0.05) is 29.5 Å². The van der Waals surface area contributed by atoms with Crippen molar-refractivity contribution in [2.45, 2.75) is 13.3 Å². The van der Waals surface area contributed by atoms with E-state index in [1.165, 1.54) is 0 Å². The van der Waals surface area contributed by atoms with Crippen LogP contribution in [0.25, 0.3) is 0 Å². The fraction of sp³-hybridized carbons (Fsp3) is 0.300. The molecule has 0 unspecified atom stereocenters. The van der Waals surface area contributed by atoms with Crippen LogP contribution >= 0.6 is 11.8 Å². The number of rotatable bonds is 4. The Kier molecular flexibility index (Phi) is 5.83. The summed E-state index contributed by atoms with van der Waals surface area (Å²) in [7, 11) is 3.22. The number of ether oxygens (including phenoxy) is 2. The van der Waals surface area contributed by atoms with Crippen LogP contribution in [0.3, 0.4) is 0 Å². The Morgan fingerprint density at radius 1 is 1.15 bits per heavy atom. The molecular weight excluding hydrogens is 348 g/mol. The minimum atomic E-state index is -0.0264. The van der Waals surface area contributed by atoms with Crippen LogP contribution in [-0.4, -0.2) is 42.5 Å². The lowest BCUT2D eigenvalue weighted by molar-refractivity contribution is 0.0849. The monoisotopic (exact) mass is 370 g/mol. The van der Waals surface area contributed by atoms with Gasteiger partial charge in [-0.25, -0.2) is 4.99 Å². The lowest BCUT2D eigenvalue weighted by Crippen LogP contribution is -2.39. The number of aliphatic imine (C=N–C) groups is 1. The SMILES string of the molecule is COc1ccc(OC)c(N=C2SCCCN2C(=O)c2cccc(C)c2)c1. The van der Waals surface area contributed by atoms with E-state index in [2.05, 4.69) is 0 Å². The zero-order valence-corrected chi connectivity index (χ0v) is 16.0. The second kappa shape index (κ2) is 8.27. The van der Waals surface area contributed by atoms with Gasteiger partial charge in [0.1, 0.15) is 17.2 Å². The molecule has 0 aromatic heterocycles. The van der Waals surface area contributed by atoms with Gasteiger partial charge in [0.2, 0.25) is 0 Å². The van der Waals surface area contributed by atoms with E-state index in [0.29, 0.717) is 34.5 Å². The Balaban J connectivity index is 1.96. The fourth-order valence-electron chi connectivity index (χ4n) is 2.76. The quantitative estimate of drug-likeness (QED) is 0.806. The zero-order chi connectivity index (χ0) is 18.5. The minimum Gasteiger partial charge on any atom is -0.497 e. The number of hydrogen-bond acceptors (Lipinski definition) is 5. The van der Waals surface area contributed by atoms with Crippen molar-refractivity contribution >= 4 is 28.5 Å². The van der Waals surface area contributed by atoms with E-state index in [1.54, 1.807) is 30.9 Å². The van der Waals surface area contributed by atoms with E-state index < -0.39 is 0 Å². The maximum atomic E-state index is 13.0. The van der Waals surface area contributed by atoms with E-state index in [9.17, 15) is 4.79 Å². The van der Waals surface area contributed by atoms with Gasteiger partial charge in [-0.05, 0) is 37.6 Å². The summed E-state index contributed by atoms with van der Waals surface area (Å²) in [5.74, 6) is 2.25. The van der Waals surface area contributed by atoms with Crippen molar-refractivity contribution in [2.75, 3.05) is 26.5 Å². The Morgan fingerprint density at radius 2 is 2.00 bits per heavy atom. The average molecular weight is 370 g/mol. The Labute approximate surface area is 158 Å². The Hall–Kier alpha value is -2.47. The van der Waals surface area contributed by atoms with Gasteiger partial charge in [0.15, 0.2) is 5.17 Å². The summed E-state index contributed by atoms with van der Waals surface area (Å²) in [6, 6.07) is 13.1. The van der Waals surface area contributed by atoms with E-state index in [0.717, 1.165) is 17.7 Å². The number of aryl methyl sites for hydroxylation is 1. The molecule has 0 radical (unpaired) electrons. The lowest BCUT2D eigenvalue weighted by Gasteiger charge is -2.28. The van der Waals surface area contributed by atoms with E-state index in [1.807, 2.05) is 49.4 Å². The first-order valence-electron chi connectivity index (χ1n) is 8.44. The molecule has 136 valence electrons. The Bertz CT molecular complexity index is 836. The van der Waals surface area contributed by atoms with Gasteiger partial charge in [0.25, 0.3) is 5.91 Å². The molecule has 1 saturated heterocycles. The number of methoxy groups -OCH3 is 2. The molecule has 2 aromatic rings. The third kappa shape index (κ3) is 4.02. The van der Waals surface area contributed by atoms with Crippen LogP contribution in [0.1, 0.15) is 22.3 Å². The molecule has 5 nitrogen and oxygen atoms in total. The summed E-state index contributed by atoms with van der Waals surface area (Å²) < 4.78 is 10.7. The van der Waals surface area contributed by atoms with E-state index in [-0.39, 0.29) is 5.91 Å². The van der Waals surface area contributed by atoms with Crippen molar-refractivity contribution in [1.29, 1.82) is 0 Å². The van der Waals surface area contributed by atoms with E-state index in [4.69, 9.17) is 14.5 Å². The number of hydrogen-bond donors (Lipinski definition) is 0. The van der Waals surface area contributed by atoms with Gasteiger partial charge in [0, 0.05) is 23.9 Å². The molecule has 0 N–H and O–H groups in total. The first-order chi connectivity index (χ1) is 12.6. The van der Waals surface area contributed by atoms with Gasteiger partial charge < -0.3 is 9.47 Å². The highest BCUT2D eigenvalue weighted by atomic mass is 32.2. The standard InChI is InChI=1S/C20H22N2O3S/c1-14-6-4-7-15(12-14)19(23)22-10-5-11-26-20(22)21-17-13-16(24-2)8-9-18(17)25-3/h4,6-9,12-13H,5,10-11H2,1-3H3. The second-order valence-corrected chi connectivity index (χ2v) is 7.02. The van der Waals surface area contributed by atoms with Gasteiger partial charge >= 0.3 is 0 Å². The van der Waals surface area contributed by atoms with Crippen molar-refractivity contribution in [3.63, 3.8) is 0 Å². The van der Waals surface area contributed by atoms with Gasteiger partial charge in [-0.2, -0.15) is 0 Å². The van der Waals surface area contributed by atoms with Crippen molar-refractivity contribution < 1.29 is 14.3 Å². The van der Waals surface area contributed by atoms with E-state index >= 15 is 0 Å². The van der Waals surface area contributed by atoms with Crippen molar-refractivity contribution in [2.24, 2.45) is 4.99 Å². The normalized spacial score (nSPS) is 15.8. The van der Waals surface area contributed by atoms with Crippen LogP contribution in [0.4, 0.5) is 5.69 Å². The molecule has 0 atom stereocenters. The van der Waals surface area contributed by atoms with Crippen LogP contribution in [0, 0.1) is 6.92 Å². The maximum absolute atomic E-state index is 13.0. The molecule has 0 aliphatic carbocycles. The molecular formula is C20H22N2O3S.